The van der Waals surface area contributed by atoms with Gasteiger partial charge in [-0.15, -0.1) is 13.2 Å². The van der Waals surface area contributed by atoms with Crippen molar-refractivity contribution in [2.24, 2.45) is 0 Å². The number of benzene rings is 1. The van der Waals surface area contributed by atoms with Gasteiger partial charge in [-0.25, -0.2) is 4.98 Å². The maximum Gasteiger partial charge on any atom is 0.573 e. The van der Waals surface area contributed by atoms with Crippen LogP contribution in [0.15, 0.2) is 18.2 Å². The van der Waals surface area contributed by atoms with Crippen LogP contribution in [0.3, 0.4) is 0 Å². The number of rotatable bonds is 2. The molecule has 0 atom stereocenters. The van der Waals surface area contributed by atoms with Crippen LogP contribution in [0.1, 0.15) is 10.6 Å². The van der Waals surface area contributed by atoms with Gasteiger partial charge in [-0.05, 0) is 12.1 Å². The summed E-state index contributed by atoms with van der Waals surface area (Å²) in [5.41, 5.74) is 0.709. The first-order valence-electron chi connectivity index (χ1n) is 4.18. The Bertz CT molecular complexity index is 533. The van der Waals surface area contributed by atoms with Crippen LogP contribution in [0.2, 0.25) is 0 Å². The van der Waals surface area contributed by atoms with Gasteiger partial charge in [0, 0.05) is 6.07 Å². The van der Waals surface area contributed by atoms with Crippen molar-refractivity contribution in [3.05, 3.63) is 24.0 Å². The fourth-order valence-corrected chi connectivity index (χ4v) is 1.26. The molecule has 0 amide bonds. The van der Waals surface area contributed by atoms with Crippen LogP contribution >= 0.6 is 0 Å². The largest absolute Gasteiger partial charge is 0.573 e. The lowest BCUT2D eigenvalue weighted by atomic mass is 10.3. The number of aromatic nitrogens is 2. The van der Waals surface area contributed by atoms with Gasteiger partial charge in [0.2, 0.25) is 0 Å². The maximum atomic E-state index is 11.9. The molecule has 0 radical (unpaired) electrons. The van der Waals surface area contributed by atoms with Crippen molar-refractivity contribution in [3.8, 4) is 5.75 Å². The quantitative estimate of drug-likeness (QED) is 0.805. The summed E-state index contributed by atoms with van der Waals surface area (Å²) in [7, 11) is 0. The van der Waals surface area contributed by atoms with Gasteiger partial charge >= 0.3 is 6.36 Å². The average molecular weight is 230 g/mol. The zero-order chi connectivity index (χ0) is 11.8. The number of nitrogens with one attached hydrogen (secondary N) is 1. The number of ether oxygens (including phenoxy) is 1. The Morgan fingerprint density at radius 2 is 2.12 bits per heavy atom. The summed E-state index contributed by atoms with van der Waals surface area (Å²) in [6.45, 7) is 0. The summed E-state index contributed by atoms with van der Waals surface area (Å²) in [5, 5.41) is 0. The van der Waals surface area contributed by atoms with E-state index in [9.17, 15) is 18.0 Å². The van der Waals surface area contributed by atoms with Gasteiger partial charge in [0.05, 0.1) is 11.0 Å². The Balaban J connectivity index is 2.39. The first-order valence-corrected chi connectivity index (χ1v) is 4.18. The number of carbonyl (C=O) groups excluding carboxylic acids is 1. The Morgan fingerprint density at radius 1 is 1.38 bits per heavy atom. The molecule has 4 nitrogen and oxygen atoms in total. The van der Waals surface area contributed by atoms with Gasteiger partial charge in [-0.3, -0.25) is 4.79 Å². The molecule has 1 aromatic heterocycles. The number of aromatic amines is 1. The van der Waals surface area contributed by atoms with Crippen molar-refractivity contribution in [2.45, 2.75) is 6.36 Å². The summed E-state index contributed by atoms with van der Waals surface area (Å²) < 4.78 is 39.4. The van der Waals surface area contributed by atoms with E-state index in [0.29, 0.717) is 17.3 Å². The molecule has 0 unspecified atom stereocenters. The number of imidazole rings is 1. The van der Waals surface area contributed by atoms with Gasteiger partial charge in [0.25, 0.3) is 0 Å². The third-order valence-corrected chi connectivity index (χ3v) is 1.82. The van der Waals surface area contributed by atoms with Crippen molar-refractivity contribution in [1.82, 2.24) is 9.97 Å². The van der Waals surface area contributed by atoms with E-state index in [2.05, 4.69) is 14.7 Å². The molecule has 0 saturated carbocycles. The van der Waals surface area contributed by atoms with Crippen molar-refractivity contribution in [1.29, 1.82) is 0 Å². The highest BCUT2D eigenvalue weighted by atomic mass is 19.4. The van der Waals surface area contributed by atoms with Gasteiger partial charge in [-0.1, -0.05) is 0 Å². The third-order valence-electron chi connectivity index (χ3n) is 1.82. The standard InChI is InChI=1S/C9H5F3N2O2/c10-9(11,12)16-5-1-2-6-7(3-5)14-8(4-15)13-6/h1-4H,(H,13,14). The van der Waals surface area contributed by atoms with Crippen molar-refractivity contribution in [3.63, 3.8) is 0 Å². The predicted molar refractivity (Wildman–Crippen MR) is 48.2 cm³/mol. The summed E-state index contributed by atoms with van der Waals surface area (Å²) in [6.07, 6.45) is -4.26. The van der Waals surface area contributed by atoms with Crippen LogP contribution < -0.4 is 4.74 Å². The molecule has 0 saturated heterocycles. The number of alkyl halides is 3. The van der Waals surface area contributed by atoms with Crippen molar-refractivity contribution < 1.29 is 22.7 Å². The van der Waals surface area contributed by atoms with E-state index in [-0.39, 0.29) is 11.6 Å². The smallest absolute Gasteiger partial charge is 0.406 e. The molecule has 7 heteroatoms. The highest BCUT2D eigenvalue weighted by molar-refractivity contribution is 5.82. The SMILES string of the molecule is O=Cc1nc2ccc(OC(F)(F)F)cc2[nH]1. The molecule has 16 heavy (non-hydrogen) atoms. The second-order valence-corrected chi connectivity index (χ2v) is 2.97. The topological polar surface area (TPSA) is 55.0 Å². The molecule has 0 bridgehead atoms. The zero-order valence-corrected chi connectivity index (χ0v) is 7.71. The van der Waals surface area contributed by atoms with E-state index in [4.69, 9.17) is 0 Å². The summed E-state index contributed by atoms with van der Waals surface area (Å²) in [5.74, 6) is -0.305. The van der Waals surface area contributed by atoms with E-state index < -0.39 is 6.36 Å². The molecule has 0 aliphatic carbocycles. The lowest BCUT2D eigenvalue weighted by Gasteiger charge is -2.07. The predicted octanol–water partition coefficient (Wildman–Crippen LogP) is 2.27. The van der Waals surface area contributed by atoms with E-state index in [1.807, 2.05) is 0 Å². The fourth-order valence-electron chi connectivity index (χ4n) is 1.26. The molecule has 2 rings (SSSR count). The molecule has 1 heterocycles. The van der Waals surface area contributed by atoms with Crippen molar-refractivity contribution >= 4 is 17.3 Å². The molecule has 1 N–H and O–H groups in total. The highest BCUT2D eigenvalue weighted by Crippen LogP contribution is 2.25. The first kappa shape index (κ1) is 10.5. The molecule has 2 aromatic rings. The average Bonchev–Trinajstić information content (AvgIpc) is 2.57. The molecule has 0 spiro atoms. The van der Waals surface area contributed by atoms with Gasteiger partial charge in [-0.2, -0.15) is 0 Å². The van der Waals surface area contributed by atoms with Crippen LogP contribution in [-0.4, -0.2) is 22.6 Å². The van der Waals surface area contributed by atoms with E-state index in [1.54, 1.807) is 0 Å². The Labute approximate surface area is 87.0 Å². The number of halogens is 3. The summed E-state index contributed by atoms with van der Waals surface area (Å²) in [4.78, 5) is 16.7. The third kappa shape index (κ3) is 2.13. The zero-order valence-electron chi connectivity index (χ0n) is 7.71. The number of fused-ring (bicyclic) bond motifs is 1. The Morgan fingerprint density at radius 3 is 2.75 bits per heavy atom. The second kappa shape index (κ2) is 3.51. The number of nitrogens with zero attached hydrogens (tertiary/aromatic N) is 1. The monoisotopic (exact) mass is 230 g/mol. The molecule has 84 valence electrons. The van der Waals surface area contributed by atoms with Crippen LogP contribution in [0.25, 0.3) is 11.0 Å². The number of H-pyrrole nitrogens is 1. The van der Waals surface area contributed by atoms with Crippen LogP contribution in [-0.2, 0) is 0 Å². The number of hydrogen-bond donors (Lipinski definition) is 1. The number of carbonyl (C=O) groups is 1. The molecule has 0 aliphatic rings. The summed E-state index contributed by atoms with van der Waals surface area (Å²) >= 11 is 0. The first-order chi connectivity index (χ1) is 7.48. The van der Waals surface area contributed by atoms with E-state index in [0.717, 1.165) is 12.1 Å². The number of hydrogen-bond acceptors (Lipinski definition) is 3. The number of aldehydes is 1. The minimum absolute atomic E-state index is 0.0548. The van der Waals surface area contributed by atoms with Gasteiger partial charge < -0.3 is 9.72 Å². The van der Waals surface area contributed by atoms with Crippen molar-refractivity contribution in [2.75, 3.05) is 0 Å². The van der Waals surface area contributed by atoms with Gasteiger partial charge in [0.1, 0.15) is 5.75 Å². The van der Waals surface area contributed by atoms with Crippen LogP contribution in [0.4, 0.5) is 13.2 Å². The molecular weight excluding hydrogens is 225 g/mol. The van der Waals surface area contributed by atoms with Gasteiger partial charge in [0.15, 0.2) is 12.1 Å². The minimum atomic E-state index is -4.73. The maximum absolute atomic E-state index is 11.9. The molecule has 1 aromatic carbocycles. The lowest BCUT2D eigenvalue weighted by molar-refractivity contribution is -0.274. The highest BCUT2D eigenvalue weighted by Gasteiger charge is 2.31. The normalized spacial score (nSPS) is 11.7. The second-order valence-electron chi connectivity index (χ2n) is 2.97. The summed E-state index contributed by atoms with van der Waals surface area (Å²) in [6, 6.07) is 3.59. The van der Waals surface area contributed by atoms with Crippen LogP contribution in [0.5, 0.6) is 5.75 Å². The minimum Gasteiger partial charge on any atom is -0.406 e. The van der Waals surface area contributed by atoms with E-state index >= 15 is 0 Å². The Kier molecular flexibility index (Phi) is 2.30. The lowest BCUT2D eigenvalue weighted by Crippen LogP contribution is -2.16. The van der Waals surface area contributed by atoms with Crippen LogP contribution in [0, 0.1) is 0 Å². The fraction of sp³-hybridized carbons (Fsp3) is 0.111. The molecule has 0 fully saturated rings. The molecule has 0 aliphatic heterocycles. The Hall–Kier alpha value is -2.05. The van der Waals surface area contributed by atoms with E-state index in [1.165, 1.54) is 6.07 Å². The molecular formula is C9H5F3N2O2.